The minimum absolute atomic E-state index is 0.0363. The summed E-state index contributed by atoms with van der Waals surface area (Å²) in [5.74, 6) is -0.0363. The van der Waals surface area contributed by atoms with E-state index in [2.05, 4.69) is 0 Å². The van der Waals surface area contributed by atoms with E-state index in [1.807, 2.05) is 6.08 Å². The standard InChI is InChI=1S/C8H16N2O/c1-7(11)8(2,10)5-3-4-6-9/h3,5H,4,6,9-10H2,1-2H3/b5-3+. The molecule has 3 heteroatoms. The van der Waals surface area contributed by atoms with Gasteiger partial charge in [0.1, 0.15) is 0 Å². The quantitative estimate of drug-likeness (QED) is 0.571. The van der Waals surface area contributed by atoms with E-state index in [0.717, 1.165) is 6.42 Å². The van der Waals surface area contributed by atoms with Crippen molar-refractivity contribution in [3.63, 3.8) is 0 Å². The topological polar surface area (TPSA) is 69.1 Å². The number of carbonyl (C=O) groups excluding carboxylic acids is 1. The average Bonchev–Trinajstić information content (AvgIpc) is 1.88. The first kappa shape index (κ1) is 10.3. The molecule has 0 aliphatic carbocycles. The highest BCUT2D eigenvalue weighted by atomic mass is 16.1. The molecule has 11 heavy (non-hydrogen) atoms. The molecule has 0 amide bonds. The third-order valence-corrected chi connectivity index (χ3v) is 1.56. The number of hydrogen-bond acceptors (Lipinski definition) is 3. The fraction of sp³-hybridized carbons (Fsp3) is 0.625. The van der Waals surface area contributed by atoms with Gasteiger partial charge in [-0.15, -0.1) is 0 Å². The second kappa shape index (κ2) is 4.26. The van der Waals surface area contributed by atoms with Gasteiger partial charge in [0.05, 0.1) is 5.54 Å². The van der Waals surface area contributed by atoms with Crippen LogP contribution in [0.25, 0.3) is 0 Å². The number of carbonyl (C=O) groups is 1. The highest BCUT2D eigenvalue weighted by molar-refractivity contribution is 5.87. The molecule has 0 aliphatic heterocycles. The number of rotatable bonds is 4. The van der Waals surface area contributed by atoms with Crippen LogP contribution in [0.1, 0.15) is 20.3 Å². The van der Waals surface area contributed by atoms with Crippen LogP contribution in [0.5, 0.6) is 0 Å². The van der Waals surface area contributed by atoms with Crippen molar-refractivity contribution < 1.29 is 4.79 Å². The second-order valence-corrected chi connectivity index (χ2v) is 2.82. The number of Topliss-reactive ketones (excluding diaryl/α,β-unsaturated/α-hetero) is 1. The van der Waals surface area contributed by atoms with Crippen LogP contribution >= 0.6 is 0 Å². The Morgan fingerprint density at radius 2 is 2.18 bits per heavy atom. The molecule has 1 atom stereocenters. The SMILES string of the molecule is CC(=O)C(C)(N)/C=C/CCN. The van der Waals surface area contributed by atoms with Gasteiger partial charge >= 0.3 is 0 Å². The minimum Gasteiger partial charge on any atom is -0.330 e. The fourth-order valence-corrected chi connectivity index (χ4v) is 0.542. The molecular formula is C8H16N2O. The molecule has 0 radical (unpaired) electrons. The summed E-state index contributed by atoms with van der Waals surface area (Å²) in [4.78, 5) is 10.9. The first-order valence-corrected chi connectivity index (χ1v) is 3.68. The summed E-state index contributed by atoms with van der Waals surface area (Å²) in [5, 5.41) is 0. The van der Waals surface area contributed by atoms with Crippen LogP contribution in [0.3, 0.4) is 0 Å². The molecule has 0 saturated heterocycles. The zero-order chi connectivity index (χ0) is 8.91. The van der Waals surface area contributed by atoms with Crippen molar-refractivity contribution in [2.24, 2.45) is 11.5 Å². The lowest BCUT2D eigenvalue weighted by atomic mass is 9.98. The molecule has 0 rings (SSSR count). The van der Waals surface area contributed by atoms with Crippen molar-refractivity contribution in [1.29, 1.82) is 0 Å². The van der Waals surface area contributed by atoms with Crippen LogP contribution in [-0.2, 0) is 4.79 Å². The molecule has 0 aromatic carbocycles. The summed E-state index contributed by atoms with van der Waals surface area (Å²) >= 11 is 0. The Bertz CT molecular complexity index is 161. The molecule has 0 aromatic heterocycles. The van der Waals surface area contributed by atoms with Crippen LogP contribution in [0.2, 0.25) is 0 Å². The van der Waals surface area contributed by atoms with Gasteiger partial charge < -0.3 is 11.5 Å². The molecule has 0 aromatic rings. The Labute approximate surface area is 67.4 Å². The van der Waals surface area contributed by atoms with E-state index in [-0.39, 0.29) is 5.78 Å². The van der Waals surface area contributed by atoms with E-state index in [1.54, 1.807) is 13.0 Å². The normalized spacial score (nSPS) is 16.7. The van der Waals surface area contributed by atoms with E-state index >= 15 is 0 Å². The monoisotopic (exact) mass is 156 g/mol. The Hall–Kier alpha value is -0.670. The molecule has 0 bridgehead atoms. The molecule has 0 aliphatic rings. The minimum atomic E-state index is -0.824. The van der Waals surface area contributed by atoms with Gasteiger partial charge in [0.25, 0.3) is 0 Å². The lowest BCUT2D eigenvalue weighted by molar-refractivity contribution is -0.120. The maximum absolute atomic E-state index is 10.9. The second-order valence-electron chi connectivity index (χ2n) is 2.82. The van der Waals surface area contributed by atoms with Crippen LogP contribution in [0.15, 0.2) is 12.2 Å². The van der Waals surface area contributed by atoms with Crippen molar-refractivity contribution in [1.82, 2.24) is 0 Å². The molecule has 0 fully saturated rings. The highest BCUT2D eigenvalue weighted by Gasteiger charge is 2.19. The summed E-state index contributed by atoms with van der Waals surface area (Å²) in [6, 6.07) is 0. The Balaban J connectivity index is 4.00. The van der Waals surface area contributed by atoms with E-state index in [0.29, 0.717) is 6.54 Å². The van der Waals surface area contributed by atoms with Crippen LogP contribution in [0.4, 0.5) is 0 Å². The third-order valence-electron chi connectivity index (χ3n) is 1.56. The van der Waals surface area contributed by atoms with Gasteiger partial charge in [0.2, 0.25) is 0 Å². The molecule has 4 N–H and O–H groups in total. The summed E-state index contributed by atoms with van der Waals surface area (Å²) in [7, 11) is 0. The van der Waals surface area contributed by atoms with Gasteiger partial charge in [-0.2, -0.15) is 0 Å². The third kappa shape index (κ3) is 3.91. The molecule has 64 valence electrons. The predicted octanol–water partition coefficient (Wildman–Crippen LogP) is 0.198. The average molecular weight is 156 g/mol. The lowest BCUT2D eigenvalue weighted by Crippen LogP contribution is -2.41. The summed E-state index contributed by atoms with van der Waals surface area (Å²) in [5.41, 5.74) is 10.1. The molecule has 0 saturated carbocycles. The van der Waals surface area contributed by atoms with Crippen LogP contribution < -0.4 is 11.5 Å². The van der Waals surface area contributed by atoms with Crippen LogP contribution in [0, 0.1) is 0 Å². The Morgan fingerprint density at radius 1 is 1.64 bits per heavy atom. The van der Waals surface area contributed by atoms with Gasteiger partial charge in [-0.1, -0.05) is 12.2 Å². The maximum Gasteiger partial charge on any atom is 0.153 e. The fourth-order valence-electron chi connectivity index (χ4n) is 0.542. The molecule has 0 spiro atoms. The summed E-state index contributed by atoms with van der Waals surface area (Å²) in [6.45, 7) is 3.75. The Kier molecular flexibility index (Phi) is 4.00. The predicted molar refractivity (Wildman–Crippen MR) is 46.1 cm³/mol. The maximum atomic E-state index is 10.9. The first-order chi connectivity index (χ1) is 5.00. The van der Waals surface area contributed by atoms with Crippen molar-refractivity contribution in [2.75, 3.05) is 6.54 Å². The van der Waals surface area contributed by atoms with E-state index in [1.165, 1.54) is 6.92 Å². The van der Waals surface area contributed by atoms with E-state index in [9.17, 15) is 4.79 Å². The van der Waals surface area contributed by atoms with Crippen LogP contribution in [-0.4, -0.2) is 17.9 Å². The Morgan fingerprint density at radius 3 is 2.55 bits per heavy atom. The molecule has 1 unspecified atom stereocenters. The lowest BCUT2D eigenvalue weighted by Gasteiger charge is -2.15. The number of ketones is 1. The van der Waals surface area contributed by atoms with Gasteiger partial charge in [-0.05, 0) is 26.8 Å². The van der Waals surface area contributed by atoms with Gasteiger partial charge in [0.15, 0.2) is 5.78 Å². The molecular weight excluding hydrogens is 140 g/mol. The summed E-state index contributed by atoms with van der Waals surface area (Å²) in [6.07, 6.45) is 4.30. The van der Waals surface area contributed by atoms with Crippen molar-refractivity contribution in [3.8, 4) is 0 Å². The van der Waals surface area contributed by atoms with Crippen molar-refractivity contribution >= 4 is 5.78 Å². The number of nitrogens with two attached hydrogens (primary N) is 2. The highest BCUT2D eigenvalue weighted by Crippen LogP contribution is 2.02. The molecule has 0 heterocycles. The van der Waals surface area contributed by atoms with Gasteiger partial charge in [-0.25, -0.2) is 0 Å². The summed E-state index contributed by atoms with van der Waals surface area (Å²) < 4.78 is 0. The van der Waals surface area contributed by atoms with Gasteiger partial charge in [-0.3, -0.25) is 4.79 Å². The van der Waals surface area contributed by atoms with Crippen molar-refractivity contribution in [2.45, 2.75) is 25.8 Å². The largest absolute Gasteiger partial charge is 0.330 e. The molecule has 3 nitrogen and oxygen atoms in total. The van der Waals surface area contributed by atoms with E-state index < -0.39 is 5.54 Å². The van der Waals surface area contributed by atoms with E-state index in [4.69, 9.17) is 11.5 Å². The van der Waals surface area contributed by atoms with Gasteiger partial charge in [0, 0.05) is 0 Å². The number of hydrogen-bond donors (Lipinski definition) is 2. The van der Waals surface area contributed by atoms with Crippen molar-refractivity contribution in [3.05, 3.63) is 12.2 Å². The smallest absolute Gasteiger partial charge is 0.153 e. The first-order valence-electron chi connectivity index (χ1n) is 3.68. The zero-order valence-electron chi connectivity index (χ0n) is 7.13. The zero-order valence-corrected chi connectivity index (χ0v) is 7.13.